The molecule has 2 rings (SSSR count). The van der Waals surface area contributed by atoms with Crippen LogP contribution in [0.25, 0.3) is 0 Å². The first-order valence-electron chi connectivity index (χ1n) is 5.17. The minimum atomic E-state index is -0.569. The first kappa shape index (κ1) is 12.5. The van der Waals surface area contributed by atoms with E-state index in [-0.39, 0.29) is 11.3 Å². The molecule has 1 heterocycles. The smallest absolute Gasteiger partial charge is 0.257 e. The number of amides is 1. The van der Waals surface area contributed by atoms with Crippen LogP contribution in [-0.4, -0.2) is 18.0 Å². The third kappa shape index (κ3) is 2.65. The Morgan fingerprint density at radius 2 is 2.28 bits per heavy atom. The molecule has 1 aromatic heterocycles. The minimum absolute atomic E-state index is 0.108. The Morgan fingerprint density at radius 3 is 2.83 bits per heavy atom. The zero-order valence-corrected chi connectivity index (χ0v) is 10.7. The van der Waals surface area contributed by atoms with E-state index in [2.05, 4.69) is 10.3 Å². The summed E-state index contributed by atoms with van der Waals surface area (Å²) in [6.45, 7) is 1.83. The van der Waals surface area contributed by atoms with Crippen molar-refractivity contribution in [1.82, 2.24) is 4.98 Å². The zero-order valence-electron chi connectivity index (χ0n) is 9.86. The van der Waals surface area contributed by atoms with Gasteiger partial charge in [0.05, 0.1) is 12.8 Å². The van der Waals surface area contributed by atoms with Crippen molar-refractivity contribution in [2.75, 3.05) is 12.4 Å². The maximum atomic E-state index is 13.4. The molecule has 1 N–H and O–H groups in total. The number of ether oxygens (including phenoxy) is 1. The molecule has 1 amide bonds. The number of aryl methyl sites for hydroxylation is 1. The van der Waals surface area contributed by atoms with Crippen molar-refractivity contribution in [1.29, 1.82) is 0 Å². The van der Waals surface area contributed by atoms with E-state index in [4.69, 9.17) is 4.74 Å². The van der Waals surface area contributed by atoms with Gasteiger partial charge < -0.3 is 4.74 Å². The molecule has 2 aromatic rings. The lowest BCUT2D eigenvalue weighted by Crippen LogP contribution is -2.12. The van der Waals surface area contributed by atoms with Crippen molar-refractivity contribution >= 4 is 22.4 Å². The van der Waals surface area contributed by atoms with Gasteiger partial charge in [-0.05, 0) is 25.1 Å². The number of thiazole rings is 1. The zero-order chi connectivity index (χ0) is 13.1. The number of aromatic nitrogens is 1. The fourth-order valence-electron chi connectivity index (χ4n) is 1.39. The van der Waals surface area contributed by atoms with E-state index in [1.54, 1.807) is 0 Å². The SMILES string of the molecule is COc1ccc(C(=O)Nc2nc(C)cs2)cc1F. The minimum Gasteiger partial charge on any atom is -0.494 e. The van der Waals surface area contributed by atoms with Gasteiger partial charge >= 0.3 is 0 Å². The van der Waals surface area contributed by atoms with Crippen molar-refractivity contribution in [2.45, 2.75) is 6.92 Å². The molecule has 0 fully saturated rings. The van der Waals surface area contributed by atoms with Gasteiger partial charge in [-0.15, -0.1) is 11.3 Å². The van der Waals surface area contributed by atoms with E-state index in [1.807, 2.05) is 12.3 Å². The first-order valence-corrected chi connectivity index (χ1v) is 6.05. The number of rotatable bonds is 3. The topological polar surface area (TPSA) is 51.2 Å². The molecule has 1 aromatic carbocycles. The Hall–Kier alpha value is -1.95. The molecule has 0 aliphatic rings. The maximum absolute atomic E-state index is 13.4. The number of carbonyl (C=O) groups is 1. The Labute approximate surface area is 107 Å². The summed E-state index contributed by atoms with van der Waals surface area (Å²) in [5.41, 5.74) is 1.05. The molecule has 0 bridgehead atoms. The predicted octanol–water partition coefficient (Wildman–Crippen LogP) is 2.85. The molecule has 0 unspecified atom stereocenters. The molecule has 0 aliphatic heterocycles. The van der Waals surface area contributed by atoms with Crippen molar-refractivity contribution < 1.29 is 13.9 Å². The van der Waals surface area contributed by atoms with E-state index in [0.29, 0.717) is 5.13 Å². The summed E-state index contributed by atoms with van der Waals surface area (Å²) in [4.78, 5) is 15.9. The summed E-state index contributed by atoms with van der Waals surface area (Å²) < 4.78 is 18.2. The Bertz CT molecular complexity index is 583. The summed E-state index contributed by atoms with van der Waals surface area (Å²) in [6.07, 6.45) is 0. The van der Waals surface area contributed by atoms with Gasteiger partial charge in [0.2, 0.25) is 0 Å². The number of nitrogens with zero attached hydrogens (tertiary/aromatic N) is 1. The number of benzene rings is 1. The van der Waals surface area contributed by atoms with Crippen molar-refractivity contribution in [3.63, 3.8) is 0 Å². The third-order valence-corrected chi connectivity index (χ3v) is 3.13. The van der Waals surface area contributed by atoms with Gasteiger partial charge in [0.1, 0.15) is 0 Å². The fourth-order valence-corrected chi connectivity index (χ4v) is 2.07. The number of hydrogen-bond acceptors (Lipinski definition) is 4. The second kappa shape index (κ2) is 5.14. The summed E-state index contributed by atoms with van der Waals surface area (Å²) in [5.74, 6) is -0.858. The van der Waals surface area contributed by atoms with Crippen molar-refractivity contribution in [3.8, 4) is 5.75 Å². The molecule has 0 atom stereocenters. The molecule has 0 radical (unpaired) electrons. The van der Waals surface area contributed by atoms with Gasteiger partial charge in [0.25, 0.3) is 5.91 Å². The Balaban J connectivity index is 2.16. The molecule has 0 aliphatic carbocycles. The molecule has 94 valence electrons. The molecule has 4 nitrogen and oxygen atoms in total. The van der Waals surface area contributed by atoms with Crippen LogP contribution in [0.3, 0.4) is 0 Å². The standard InChI is InChI=1S/C12H11FN2O2S/c1-7-6-18-12(14-7)15-11(16)8-3-4-10(17-2)9(13)5-8/h3-6H,1-2H3,(H,14,15,16). The lowest BCUT2D eigenvalue weighted by molar-refractivity contribution is 0.102. The van der Waals surface area contributed by atoms with E-state index in [1.165, 1.54) is 30.6 Å². The summed E-state index contributed by atoms with van der Waals surface area (Å²) in [6, 6.07) is 4.05. The largest absolute Gasteiger partial charge is 0.494 e. The average Bonchev–Trinajstić information content (AvgIpc) is 2.74. The molecule has 0 spiro atoms. The van der Waals surface area contributed by atoms with Gasteiger partial charge in [-0.3, -0.25) is 10.1 Å². The summed E-state index contributed by atoms with van der Waals surface area (Å²) >= 11 is 1.32. The molecule has 18 heavy (non-hydrogen) atoms. The van der Waals surface area contributed by atoms with E-state index >= 15 is 0 Å². The van der Waals surface area contributed by atoms with Crippen LogP contribution in [0.5, 0.6) is 5.75 Å². The normalized spacial score (nSPS) is 10.2. The van der Waals surface area contributed by atoms with Gasteiger partial charge in [-0.2, -0.15) is 0 Å². The number of carbonyl (C=O) groups excluding carboxylic acids is 1. The number of hydrogen-bond donors (Lipinski definition) is 1. The lowest BCUT2D eigenvalue weighted by Gasteiger charge is -2.04. The molecule has 6 heteroatoms. The van der Waals surface area contributed by atoms with E-state index in [9.17, 15) is 9.18 Å². The molecule has 0 saturated carbocycles. The van der Waals surface area contributed by atoms with Gasteiger partial charge in [-0.25, -0.2) is 9.37 Å². The van der Waals surface area contributed by atoms with Crippen LogP contribution in [0, 0.1) is 12.7 Å². The molecular weight excluding hydrogens is 255 g/mol. The maximum Gasteiger partial charge on any atom is 0.257 e. The van der Waals surface area contributed by atoms with E-state index in [0.717, 1.165) is 11.8 Å². The van der Waals surface area contributed by atoms with Crippen LogP contribution in [0.15, 0.2) is 23.6 Å². The van der Waals surface area contributed by atoms with Crippen LogP contribution >= 0.6 is 11.3 Å². The Morgan fingerprint density at radius 1 is 1.50 bits per heavy atom. The van der Waals surface area contributed by atoms with Crippen molar-refractivity contribution in [2.24, 2.45) is 0 Å². The molecule has 0 saturated heterocycles. The van der Waals surface area contributed by atoms with Crippen LogP contribution in [0.2, 0.25) is 0 Å². The molecular formula is C12H11FN2O2S. The highest BCUT2D eigenvalue weighted by Crippen LogP contribution is 2.19. The Kier molecular flexibility index (Phi) is 3.57. The predicted molar refractivity (Wildman–Crippen MR) is 67.8 cm³/mol. The monoisotopic (exact) mass is 266 g/mol. The second-order valence-electron chi connectivity index (χ2n) is 3.60. The van der Waals surface area contributed by atoms with Crippen LogP contribution in [0.4, 0.5) is 9.52 Å². The van der Waals surface area contributed by atoms with Crippen molar-refractivity contribution in [3.05, 3.63) is 40.7 Å². The van der Waals surface area contributed by atoms with E-state index < -0.39 is 11.7 Å². The second-order valence-corrected chi connectivity index (χ2v) is 4.46. The van der Waals surface area contributed by atoms with Crippen LogP contribution < -0.4 is 10.1 Å². The summed E-state index contributed by atoms with van der Waals surface area (Å²) in [5, 5.41) is 4.92. The van der Waals surface area contributed by atoms with Gasteiger partial charge in [-0.1, -0.05) is 0 Å². The number of halogens is 1. The third-order valence-electron chi connectivity index (χ3n) is 2.25. The van der Waals surface area contributed by atoms with Gasteiger partial charge in [0.15, 0.2) is 16.7 Å². The van der Waals surface area contributed by atoms with Crippen LogP contribution in [-0.2, 0) is 0 Å². The summed E-state index contributed by atoms with van der Waals surface area (Å²) in [7, 11) is 1.37. The highest BCUT2D eigenvalue weighted by molar-refractivity contribution is 7.13. The number of anilines is 1. The highest BCUT2D eigenvalue weighted by atomic mass is 32.1. The quantitative estimate of drug-likeness (QED) is 0.929. The number of methoxy groups -OCH3 is 1. The first-order chi connectivity index (χ1) is 8.60. The highest BCUT2D eigenvalue weighted by Gasteiger charge is 2.11. The lowest BCUT2D eigenvalue weighted by atomic mass is 10.2. The fraction of sp³-hybridized carbons (Fsp3) is 0.167. The van der Waals surface area contributed by atoms with Gasteiger partial charge in [0, 0.05) is 10.9 Å². The number of nitrogens with one attached hydrogen (secondary N) is 1. The average molecular weight is 266 g/mol. The van der Waals surface area contributed by atoms with Crippen LogP contribution in [0.1, 0.15) is 16.1 Å².